The summed E-state index contributed by atoms with van der Waals surface area (Å²) < 4.78 is 0. The van der Waals surface area contributed by atoms with Crippen LogP contribution in [0.15, 0.2) is 30.3 Å². The second-order valence-corrected chi connectivity index (χ2v) is 7.46. The first-order valence-corrected chi connectivity index (χ1v) is 9.17. The Labute approximate surface area is 133 Å². The second kappa shape index (κ2) is 6.16. The molecule has 118 valence electrons. The lowest BCUT2D eigenvalue weighted by Crippen LogP contribution is -2.53. The summed E-state index contributed by atoms with van der Waals surface area (Å²) in [6.45, 7) is 2.42. The fraction of sp³-hybridized carbons (Fsp3) is 0.650. The van der Waals surface area contributed by atoms with Crippen LogP contribution in [0.25, 0.3) is 0 Å². The van der Waals surface area contributed by atoms with Gasteiger partial charge in [0.25, 0.3) is 0 Å². The lowest BCUT2D eigenvalue weighted by atomic mass is 9.61. The zero-order valence-corrected chi connectivity index (χ0v) is 13.4. The molecule has 3 fully saturated rings. The van der Waals surface area contributed by atoms with Crippen LogP contribution in [-0.4, -0.2) is 29.8 Å². The van der Waals surface area contributed by atoms with Gasteiger partial charge in [-0.05, 0) is 56.7 Å². The van der Waals surface area contributed by atoms with Gasteiger partial charge in [-0.2, -0.15) is 0 Å². The van der Waals surface area contributed by atoms with E-state index in [0.29, 0.717) is 29.6 Å². The number of Topliss-reactive ketones (excluding diaryl/α,β-unsaturated/α-hetero) is 1. The molecule has 0 aromatic heterocycles. The van der Waals surface area contributed by atoms with Crippen LogP contribution in [0.2, 0.25) is 0 Å². The van der Waals surface area contributed by atoms with E-state index in [2.05, 4.69) is 35.2 Å². The highest BCUT2D eigenvalue weighted by molar-refractivity contribution is 5.86. The number of rotatable bonds is 2. The lowest BCUT2D eigenvalue weighted by Gasteiger charge is -2.49. The standard InChI is InChI=1S/C20H27NO/c22-20-16-10-7-11-17(20)19(21-12-5-2-6-13-21)14-18(16)15-8-3-1-4-9-15/h1,3-4,8-9,16-19H,2,5-7,10-14H2/t16-,17-,18-,19-/m0/s1. The number of hydrogen-bond acceptors (Lipinski definition) is 2. The van der Waals surface area contributed by atoms with Crippen LogP contribution >= 0.6 is 0 Å². The molecular formula is C20H27NO. The van der Waals surface area contributed by atoms with Gasteiger partial charge >= 0.3 is 0 Å². The Kier molecular flexibility index (Phi) is 4.04. The Hall–Kier alpha value is -1.15. The summed E-state index contributed by atoms with van der Waals surface area (Å²) in [4.78, 5) is 15.7. The molecule has 0 unspecified atom stereocenters. The summed E-state index contributed by atoms with van der Waals surface area (Å²) >= 11 is 0. The van der Waals surface area contributed by atoms with Crippen molar-refractivity contribution in [2.75, 3.05) is 13.1 Å². The highest BCUT2D eigenvalue weighted by atomic mass is 16.1. The highest BCUT2D eigenvalue weighted by Crippen LogP contribution is 2.47. The van der Waals surface area contributed by atoms with Crippen LogP contribution in [0, 0.1) is 11.8 Å². The van der Waals surface area contributed by atoms with Crippen LogP contribution < -0.4 is 0 Å². The number of piperidine rings is 1. The van der Waals surface area contributed by atoms with E-state index in [-0.39, 0.29) is 0 Å². The minimum absolute atomic E-state index is 0.294. The topological polar surface area (TPSA) is 20.3 Å². The molecule has 22 heavy (non-hydrogen) atoms. The predicted octanol–water partition coefficient (Wildman–Crippen LogP) is 4.01. The number of fused-ring (bicyclic) bond motifs is 2. The molecule has 2 aliphatic carbocycles. The van der Waals surface area contributed by atoms with E-state index in [1.807, 2.05) is 0 Å². The third kappa shape index (κ3) is 2.52. The monoisotopic (exact) mass is 297 g/mol. The summed E-state index contributed by atoms with van der Waals surface area (Å²) in [5, 5.41) is 0. The van der Waals surface area contributed by atoms with Crippen LogP contribution in [0.4, 0.5) is 0 Å². The normalized spacial score (nSPS) is 36.3. The van der Waals surface area contributed by atoms with Gasteiger partial charge in [-0.3, -0.25) is 9.69 Å². The Bertz CT molecular complexity index is 520. The maximum atomic E-state index is 13.0. The third-order valence-electron chi connectivity index (χ3n) is 6.29. The molecule has 0 radical (unpaired) electrons. The lowest BCUT2D eigenvalue weighted by molar-refractivity contribution is -0.137. The quantitative estimate of drug-likeness (QED) is 0.822. The molecule has 2 nitrogen and oxygen atoms in total. The number of carbonyl (C=O) groups excluding carboxylic acids is 1. The largest absolute Gasteiger partial charge is 0.300 e. The van der Waals surface area contributed by atoms with Crippen molar-refractivity contribution in [3.8, 4) is 0 Å². The summed E-state index contributed by atoms with van der Waals surface area (Å²) in [5.41, 5.74) is 1.39. The van der Waals surface area contributed by atoms with Gasteiger partial charge in [0.2, 0.25) is 0 Å². The molecule has 1 aromatic carbocycles. The average Bonchev–Trinajstić information content (AvgIpc) is 2.57. The Morgan fingerprint density at radius 1 is 0.818 bits per heavy atom. The first kappa shape index (κ1) is 14.4. The van der Waals surface area contributed by atoms with Crippen LogP contribution in [0.1, 0.15) is 56.4 Å². The van der Waals surface area contributed by atoms with E-state index >= 15 is 0 Å². The Balaban J connectivity index is 1.63. The van der Waals surface area contributed by atoms with Crippen LogP contribution in [0.3, 0.4) is 0 Å². The Morgan fingerprint density at radius 2 is 1.55 bits per heavy atom. The fourth-order valence-electron chi connectivity index (χ4n) is 5.21. The van der Waals surface area contributed by atoms with Gasteiger partial charge in [0.15, 0.2) is 0 Å². The van der Waals surface area contributed by atoms with Gasteiger partial charge in [0.05, 0.1) is 0 Å². The van der Waals surface area contributed by atoms with E-state index in [1.165, 1.54) is 50.8 Å². The van der Waals surface area contributed by atoms with Crippen molar-refractivity contribution in [3.63, 3.8) is 0 Å². The van der Waals surface area contributed by atoms with E-state index in [0.717, 1.165) is 12.8 Å². The van der Waals surface area contributed by atoms with E-state index < -0.39 is 0 Å². The molecule has 4 atom stereocenters. The number of nitrogens with zero attached hydrogens (tertiary/aromatic N) is 1. The third-order valence-corrected chi connectivity index (χ3v) is 6.29. The summed E-state index contributed by atoms with van der Waals surface area (Å²) in [7, 11) is 0. The molecule has 0 amide bonds. The van der Waals surface area contributed by atoms with Crippen molar-refractivity contribution < 1.29 is 4.79 Å². The van der Waals surface area contributed by atoms with E-state index in [1.54, 1.807) is 0 Å². The minimum atomic E-state index is 0.294. The molecular weight excluding hydrogens is 270 g/mol. The van der Waals surface area contributed by atoms with Crippen LogP contribution in [-0.2, 0) is 4.79 Å². The molecule has 0 N–H and O–H groups in total. The van der Waals surface area contributed by atoms with Gasteiger partial charge in [-0.25, -0.2) is 0 Å². The molecule has 2 saturated carbocycles. The van der Waals surface area contributed by atoms with Gasteiger partial charge in [-0.15, -0.1) is 0 Å². The molecule has 2 bridgehead atoms. The second-order valence-electron chi connectivity index (χ2n) is 7.46. The van der Waals surface area contributed by atoms with Crippen molar-refractivity contribution in [1.82, 2.24) is 4.90 Å². The number of hydrogen-bond donors (Lipinski definition) is 0. The van der Waals surface area contributed by atoms with Crippen molar-refractivity contribution in [2.24, 2.45) is 11.8 Å². The predicted molar refractivity (Wildman–Crippen MR) is 88.9 cm³/mol. The van der Waals surface area contributed by atoms with Crippen molar-refractivity contribution in [3.05, 3.63) is 35.9 Å². The van der Waals surface area contributed by atoms with Gasteiger partial charge in [-0.1, -0.05) is 43.2 Å². The van der Waals surface area contributed by atoms with Gasteiger partial charge < -0.3 is 0 Å². The van der Waals surface area contributed by atoms with Crippen molar-refractivity contribution in [2.45, 2.75) is 56.9 Å². The molecule has 1 aliphatic heterocycles. The summed E-state index contributed by atoms with van der Waals surface area (Å²) in [5.74, 6) is 1.66. The summed E-state index contributed by atoms with van der Waals surface area (Å²) in [6.07, 6.45) is 8.69. The first-order valence-electron chi connectivity index (χ1n) is 9.17. The Morgan fingerprint density at radius 3 is 2.32 bits per heavy atom. The van der Waals surface area contributed by atoms with E-state index in [9.17, 15) is 4.79 Å². The number of ketones is 1. The summed E-state index contributed by atoms with van der Waals surface area (Å²) in [6, 6.07) is 11.3. The molecule has 2 heteroatoms. The number of benzene rings is 1. The highest BCUT2D eigenvalue weighted by Gasteiger charge is 2.47. The number of likely N-dealkylation sites (tertiary alicyclic amines) is 1. The van der Waals surface area contributed by atoms with Crippen molar-refractivity contribution >= 4 is 5.78 Å². The fourth-order valence-corrected chi connectivity index (χ4v) is 5.21. The molecule has 1 saturated heterocycles. The zero-order chi connectivity index (χ0) is 14.9. The molecule has 1 heterocycles. The maximum absolute atomic E-state index is 13.0. The van der Waals surface area contributed by atoms with Gasteiger partial charge in [0, 0.05) is 17.9 Å². The van der Waals surface area contributed by atoms with Gasteiger partial charge in [0.1, 0.15) is 5.78 Å². The average molecular weight is 297 g/mol. The maximum Gasteiger partial charge on any atom is 0.141 e. The molecule has 4 rings (SSSR count). The SMILES string of the molecule is O=C1[C@H]2CCC[C@H]1[C@@H](N1CCCCC1)C[C@H]2c1ccccc1. The zero-order valence-electron chi connectivity index (χ0n) is 13.4. The van der Waals surface area contributed by atoms with Crippen LogP contribution in [0.5, 0.6) is 0 Å². The minimum Gasteiger partial charge on any atom is -0.300 e. The van der Waals surface area contributed by atoms with E-state index in [4.69, 9.17) is 0 Å². The molecule has 3 aliphatic rings. The van der Waals surface area contributed by atoms with Crippen molar-refractivity contribution in [1.29, 1.82) is 0 Å². The number of carbonyl (C=O) groups is 1. The molecule has 0 spiro atoms. The first-order chi connectivity index (χ1) is 10.8. The smallest absolute Gasteiger partial charge is 0.141 e. The molecule has 1 aromatic rings.